The maximum atomic E-state index is 11.2. The van der Waals surface area contributed by atoms with Crippen LogP contribution < -0.4 is 5.32 Å². The number of benzene rings is 1. The molecule has 120 valence electrons. The van der Waals surface area contributed by atoms with Gasteiger partial charge in [0.2, 0.25) is 0 Å². The van der Waals surface area contributed by atoms with Crippen LogP contribution in [0, 0.1) is 10.1 Å². The summed E-state index contributed by atoms with van der Waals surface area (Å²) in [5.41, 5.74) is 1.48. The fourth-order valence-corrected chi connectivity index (χ4v) is 2.89. The largest absolute Gasteiger partial charge is 0.378 e. The monoisotopic (exact) mass is 323 g/mol. The van der Waals surface area contributed by atoms with E-state index in [1.54, 1.807) is 6.07 Å². The summed E-state index contributed by atoms with van der Waals surface area (Å²) in [6, 6.07) is 3.38. The van der Waals surface area contributed by atoms with Gasteiger partial charge in [0.25, 0.3) is 5.69 Å². The Balaban J connectivity index is 2.25. The molecule has 0 radical (unpaired) electrons. The molecule has 1 aliphatic rings. The van der Waals surface area contributed by atoms with Gasteiger partial charge in [-0.3, -0.25) is 15.0 Å². The van der Waals surface area contributed by atoms with E-state index in [1.807, 2.05) is 0 Å². The lowest BCUT2D eigenvalue weighted by atomic mass is 10.1. The van der Waals surface area contributed by atoms with E-state index in [9.17, 15) is 10.1 Å². The fraction of sp³-hybridized carbons (Fsp3) is 0.500. The number of allylic oxidation sites excluding steroid dienone is 1. The third kappa shape index (κ3) is 3.78. The number of anilines is 1. The molecular formula is C16H22ClN3O2. The van der Waals surface area contributed by atoms with Gasteiger partial charge in [-0.05, 0) is 25.8 Å². The maximum Gasteiger partial charge on any atom is 0.292 e. The van der Waals surface area contributed by atoms with Gasteiger partial charge in [0.05, 0.1) is 4.92 Å². The van der Waals surface area contributed by atoms with Crippen LogP contribution in [0.5, 0.6) is 0 Å². The topological polar surface area (TPSA) is 58.4 Å². The van der Waals surface area contributed by atoms with E-state index >= 15 is 0 Å². The SMILES string of the molecule is CC/C=C\CCN1Cc2c(Cl)ccc([N+](=O)[O-])c2NC[C@@H]1C. The minimum absolute atomic E-state index is 0.0966. The first-order valence-electron chi connectivity index (χ1n) is 7.63. The molecule has 0 unspecified atom stereocenters. The molecule has 0 fully saturated rings. The fourth-order valence-electron chi connectivity index (χ4n) is 2.68. The second-order valence-electron chi connectivity index (χ2n) is 5.55. The van der Waals surface area contributed by atoms with Gasteiger partial charge in [-0.2, -0.15) is 0 Å². The van der Waals surface area contributed by atoms with Crippen molar-refractivity contribution in [1.29, 1.82) is 0 Å². The minimum Gasteiger partial charge on any atom is -0.378 e. The van der Waals surface area contributed by atoms with E-state index in [4.69, 9.17) is 11.6 Å². The van der Waals surface area contributed by atoms with Crippen molar-refractivity contribution in [3.63, 3.8) is 0 Å². The maximum absolute atomic E-state index is 11.2. The van der Waals surface area contributed by atoms with Crippen LogP contribution in [0.15, 0.2) is 24.3 Å². The van der Waals surface area contributed by atoms with E-state index in [0.717, 1.165) is 24.9 Å². The van der Waals surface area contributed by atoms with Crippen molar-refractivity contribution in [3.8, 4) is 0 Å². The standard InChI is InChI=1S/C16H22ClN3O2/c1-3-4-5-6-9-19-11-13-14(17)7-8-15(20(21)22)16(13)18-10-12(19)2/h4-5,7-8,12,18H,3,6,9-11H2,1-2H3/b5-4-/t12-/m0/s1. The molecule has 1 aromatic rings. The van der Waals surface area contributed by atoms with Crippen LogP contribution in [0.25, 0.3) is 0 Å². The van der Waals surface area contributed by atoms with E-state index in [1.165, 1.54) is 6.07 Å². The van der Waals surface area contributed by atoms with Gasteiger partial charge >= 0.3 is 0 Å². The van der Waals surface area contributed by atoms with E-state index in [2.05, 4.69) is 36.2 Å². The summed E-state index contributed by atoms with van der Waals surface area (Å²) in [5, 5.41) is 15.0. The third-order valence-electron chi connectivity index (χ3n) is 3.97. The van der Waals surface area contributed by atoms with Crippen LogP contribution in [0.3, 0.4) is 0 Å². The summed E-state index contributed by atoms with van der Waals surface area (Å²) >= 11 is 6.28. The Bertz CT molecular complexity index is 575. The Hall–Kier alpha value is -1.59. The molecule has 1 N–H and O–H groups in total. The number of nitrogens with one attached hydrogen (secondary N) is 1. The highest BCUT2D eigenvalue weighted by Crippen LogP contribution is 2.36. The van der Waals surface area contributed by atoms with Crippen LogP contribution >= 0.6 is 11.6 Å². The zero-order valence-electron chi connectivity index (χ0n) is 13.0. The molecule has 1 aromatic carbocycles. The normalized spacial score (nSPS) is 18.8. The van der Waals surface area contributed by atoms with Crippen molar-refractivity contribution in [3.05, 3.63) is 45.0 Å². The van der Waals surface area contributed by atoms with Gasteiger partial charge in [-0.15, -0.1) is 0 Å². The first-order valence-corrected chi connectivity index (χ1v) is 8.01. The molecule has 0 amide bonds. The van der Waals surface area contributed by atoms with Gasteiger partial charge in [0.1, 0.15) is 5.69 Å². The number of hydrogen-bond acceptors (Lipinski definition) is 4. The molecule has 0 saturated heterocycles. The van der Waals surface area contributed by atoms with Crippen molar-refractivity contribution < 1.29 is 4.92 Å². The summed E-state index contributed by atoms with van der Waals surface area (Å²) < 4.78 is 0. The summed E-state index contributed by atoms with van der Waals surface area (Å²) in [7, 11) is 0. The Morgan fingerprint density at radius 3 is 2.95 bits per heavy atom. The molecule has 6 heteroatoms. The van der Waals surface area contributed by atoms with E-state index in [-0.39, 0.29) is 16.7 Å². The summed E-state index contributed by atoms with van der Waals surface area (Å²) in [6.45, 7) is 6.46. The Kier molecular flexibility index (Phi) is 5.80. The lowest BCUT2D eigenvalue weighted by Gasteiger charge is -2.26. The highest BCUT2D eigenvalue weighted by atomic mass is 35.5. The quantitative estimate of drug-likeness (QED) is 0.500. The minimum atomic E-state index is -0.355. The highest BCUT2D eigenvalue weighted by Gasteiger charge is 2.27. The molecule has 22 heavy (non-hydrogen) atoms. The number of nitro groups is 1. The summed E-state index contributed by atoms with van der Waals surface area (Å²) in [5.74, 6) is 0. The molecule has 0 aliphatic carbocycles. The first kappa shape index (κ1) is 16.8. The van der Waals surface area contributed by atoms with Crippen LogP contribution in [-0.2, 0) is 6.54 Å². The average molecular weight is 324 g/mol. The number of halogens is 1. The predicted molar refractivity (Wildman–Crippen MR) is 90.5 cm³/mol. The number of rotatable bonds is 5. The van der Waals surface area contributed by atoms with Crippen molar-refractivity contribution in [1.82, 2.24) is 4.90 Å². The predicted octanol–water partition coefficient (Wildman–Crippen LogP) is 4.22. The molecule has 1 atom stereocenters. The van der Waals surface area contributed by atoms with Crippen LogP contribution in [0.1, 0.15) is 32.3 Å². The number of fused-ring (bicyclic) bond motifs is 1. The summed E-state index contributed by atoms with van der Waals surface area (Å²) in [4.78, 5) is 13.2. The summed E-state index contributed by atoms with van der Waals surface area (Å²) in [6.07, 6.45) is 6.35. The lowest BCUT2D eigenvalue weighted by Crippen LogP contribution is -2.35. The van der Waals surface area contributed by atoms with Gasteiger partial charge in [-0.1, -0.05) is 30.7 Å². The molecule has 2 rings (SSSR count). The third-order valence-corrected chi connectivity index (χ3v) is 4.33. The molecular weight excluding hydrogens is 302 g/mol. The Labute approximate surface area is 136 Å². The van der Waals surface area contributed by atoms with Crippen LogP contribution in [0.4, 0.5) is 11.4 Å². The van der Waals surface area contributed by atoms with Crippen molar-refractivity contribution in [2.24, 2.45) is 0 Å². The second kappa shape index (κ2) is 7.61. The lowest BCUT2D eigenvalue weighted by molar-refractivity contribution is -0.384. The van der Waals surface area contributed by atoms with Gasteiger partial charge in [0, 0.05) is 42.3 Å². The molecule has 5 nitrogen and oxygen atoms in total. The first-order chi connectivity index (χ1) is 10.5. The smallest absolute Gasteiger partial charge is 0.292 e. The molecule has 0 saturated carbocycles. The van der Waals surface area contributed by atoms with E-state index in [0.29, 0.717) is 23.8 Å². The van der Waals surface area contributed by atoms with Crippen LogP contribution in [-0.4, -0.2) is 29.0 Å². The Morgan fingerprint density at radius 1 is 1.50 bits per heavy atom. The number of nitro benzene ring substituents is 1. The van der Waals surface area contributed by atoms with Crippen molar-refractivity contribution >= 4 is 23.0 Å². The molecule has 1 heterocycles. The highest BCUT2D eigenvalue weighted by molar-refractivity contribution is 6.32. The van der Waals surface area contributed by atoms with Crippen molar-refractivity contribution in [2.45, 2.75) is 39.3 Å². The second-order valence-corrected chi connectivity index (χ2v) is 5.95. The molecule has 1 aliphatic heterocycles. The molecule has 0 spiro atoms. The van der Waals surface area contributed by atoms with Gasteiger partial charge in [-0.25, -0.2) is 0 Å². The molecule has 0 aromatic heterocycles. The van der Waals surface area contributed by atoms with Crippen molar-refractivity contribution in [2.75, 3.05) is 18.4 Å². The zero-order valence-corrected chi connectivity index (χ0v) is 13.8. The molecule has 0 bridgehead atoms. The van der Waals surface area contributed by atoms with Gasteiger partial charge < -0.3 is 5.32 Å². The average Bonchev–Trinajstić information content (AvgIpc) is 2.65. The Morgan fingerprint density at radius 2 is 2.27 bits per heavy atom. The number of hydrogen-bond donors (Lipinski definition) is 1. The number of nitrogens with zero attached hydrogens (tertiary/aromatic N) is 2. The van der Waals surface area contributed by atoms with Gasteiger partial charge in [0.15, 0.2) is 0 Å². The zero-order chi connectivity index (χ0) is 16.1. The van der Waals surface area contributed by atoms with E-state index < -0.39 is 0 Å². The van der Waals surface area contributed by atoms with Crippen LogP contribution in [0.2, 0.25) is 5.02 Å².